The standard InChI is InChI=1S/C15H19N5O2/c1-10(2)8-19-9-11(7-13(19)21)14(22)16-15-18-17-12-5-3-4-6-20(12)15/h3-6,10-11H,7-9H2,1-2H3,(H,16,18,22)/t11-/m1/s1. The Balaban J connectivity index is 1.69. The summed E-state index contributed by atoms with van der Waals surface area (Å²) in [6.07, 6.45) is 2.05. The molecule has 1 aliphatic heterocycles. The molecule has 0 unspecified atom stereocenters. The van der Waals surface area contributed by atoms with Crippen molar-refractivity contribution in [3.05, 3.63) is 24.4 Å². The normalized spacial score (nSPS) is 18.4. The van der Waals surface area contributed by atoms with E-state index in [0.29, 0.717) is 30.6 Å². The molecule has 1 atom stereocenters. The molecule has 0 aromatic carbocycles. The van der Waals surface area contributed by atoms with Gasteiger partial charge in [-0.15, -0.1) is 10.2 Å². The van der Waals surface area contributed by atoms with E-state index in [-0.39, 0.29) is 24.2 Å². The smallest absolute Gasteiger partial charge is 0.235 e. The molecule has 0 bridgehead atoms. The van der Waals surface area contributed by atoms with Crippen LogP contribution in [0.1, 0.15) is 20.3 Å². The number of nitrogens with zero attached hydrogens (tertiary/aromatic N) is 4. The summed E-state index contributed by atoms with van der Waals surface area (Å²) in [6, 6.07) is 5.51. The lowest BCUT2D eigenvalue weighted by molar-refractivity contribution is -0.128. The highest BCUT2D eigenvalue weighted by Crippen LogP contribution is 2.20. The Labute approximate surface area is 128 Å². The number of aromatic nitrogens is 3. The highest BCUT2D eigenvalue weighted by molar-refractivity contribution is 5.96. The summed E-state index contributed by atoms with van der Waals surface area (Å²) < 4.78 is 1.71. The average molecular weight is 301 g/mol. The van der Waals surface area contributed by atoms with Gasteiger partial charge in [-0.2, -0.15) is 0 Å². The van der Waals surface area contributed by atoms with E-state index in [1.165, 1.54) is 0 Å². The summed E-state index contributed by atoms with van der Waals surface area (Å²) in [5, 5.41) is 10.7. The number of likely N-dealkylation sites (tertiary alicyclic amines) is 1. The molecule has 3 heterocycles. The van der Waals surface area contributed by atoms with Gasteiger partial charge in [0, 0.05) is 25.7 Å². The predicted molar refractivity (Wildman–Crippen MR) is 81.1 cm³/mol. The van der Waals surface area contributed by atoms with Crippen molar-refractivity contribution in [3.63, 3.8) is 0 Å². The van der Waals surface area contributed by atoms with Gasteiger partial charge in [0.25, 0.3) is 0 Å². The third-order valence-electron chi connectivity index (χ3n) is 3.72. The number of carbonyl (C=O) groups is 2. The number of amides is 2. The van der Waals surface area contributed by atoms with Crippen LogP contribution in [0.15, 0.2) is 24.4 Å². The molecule has 7 heteroatoms. The van der Waals surface area contributed by atoms with Gasteiger partial charge >= 0.3 is 0 Å². The zero-order valence-electron chi connectivity index (χ0n) is 12.7. The zero-order valence-corrected chi connectivity index (χ0v) is 12.7. The van der Waals surface area contributed by atoms with E-state index >= 15 is 0 Å². The van der Waals surface area contributed by atoms with Crippen molar-refractivity contribution in [1.82, 2.24) is 19.5 Å². The molecular formula is C15H19N5O2. The third kappa shape index (κ3) is 2.79. The van der Waals surface area contributed by atoms with Gasteiger partial charge in [0.15, 0.2) is 5.65 Å². The molecule has 3 rings (SSSR count). The number of rotatable bonds is 4. The van der Waals surface area contributed by atoms with Crippen molar-refractivity contribution in [2.45, 2.75) is 20.3 Å². The first kappa shape index (κ1) is 14.5. The molecule has 1 saturated heterocycles. The molecule has 1 N–H and O–H groups in total. The summed E-state index contributed by atoms with van der Waals surface area (Å²) in [5.74, 6) is 0.307. The first-order valence-corrected chi connectivity index (χ1v) is 7.43. The second-order valence-electron chi connectivity index (χ2n) is 6.04. The van der Waals surface area contributed by atoms with E-state index < -0.39 is 0 Å². The van der Waals surface area contributed by atoms with Crippen molar-refractivity contribution >= 4 is 23.4 Å². The van der Waals surface area contributed by atoms with Crippen LogP contribution in [0.4, 0.5) is 5.95 Å². The molecule has 2 amide bonds. The summed E-state index contributed by atoms with van der Waals surface area (Å²) in [7, 11) is 0. The monoisotopic (exact) mass is 301 g/mol. The van der Waals surface area contributed by atoms with Gasteiger partial charge in [0.2, 0.25) is 17.8 Å². The van der Waals surface area contributed by atoms with Crippen LogP contribution in [0.25, 0.3) is 5.65 Å². The number of carbonyl (C=O) groups excluding carboxylic acids is 2. The Morgan fingerprint density at radius 1 is 1.41 bits per heavy atom. The lowest BCUT2D eigenvalue weighted by Gasteiger charge is -2.18. The minimum atomic E-state index is -0.331. The van der Waals surface area contributed by atoms with Crippen molar-refractivity contribution in [2.24, 2.45) is 11.8 Å². The van der Waals surface area contributed by atoms with E-state index in [4.69, 9.17) is 0 Å². The Bertz CT molecular complexity index is 709. The summed E-state index contributed by atoms with van der Waals surface area (Å²) in [4.78, 5) is 26.1. The van der Waals surface area contributed by atoms with E-state index in [1.807, 2.05) is 18.2 Å². The predicted octanol–water partition coefficient (Wildman–Crippen LogP) is 1.17. The van der Waals surface area contributed by atoms with Crippen molar-refractivity contribution in [3.8, 4) is 0 Å². The highest BCUT2D eigenvalue weighted by atomic mass is 16.2. The maximum Gasteiger partial charge on any atom is 0.235 e. The molecular weight excluding hydrogens is 282 g/mol. The molecule has 2 aromatic heterocycles. The number of anilines is 1. The second-order valence-corrected chi connectivity index (χ2v) is 6.04. The fourth-order valence-electron chi connectivity index (χ4n) is 2.70. The van der Waals surface area contributed by atoms with Gasteiger partial charge in [-0.25, -0.2) is 0 Å². The Morgan fingerprint density at radius 3 is 3.00 bits per heavy atom. The molecule has 22 heavy (non-hydrogen) atoms. The van der Waals surface area contributed by atoms with Crippen LogP contribution in [-0.4, -0.2) is 44.4 Å². The van der Waals surface area contributed by atoms with Gasteiger partial charge in [-0.05, 0) is 18.1 Å². The fourth-order valence-corrected chi connectivity index (χ4v) is 2.70. The van der Waals surface area contributed by atoms with Gasteiger partial charge < -0.3 is 4.90 Å². The largest absolute Gasteiger partial charge is 0.342 e. The molecule has 7 nitrogen and oxygen atoms in total. The van der Waals surface area contributed by atoms with Crippen molar-refractivity contribution < 1.29 is 9.59 Å². The molecule has 116 valence electrons. The van der Waals surface area contributed by atoms with Gasteiger partial charge in [-0.3, -0.25) is 19.3 Å². The van der Waals surface area contributed by atoms with E-state index in [9.17, 15) is 9.59 Å². The number of hydrogen-bond acceptors (Lipinski definition) is 4. The summed E-state index contributed by atoms with van der Waals surface area (Å²) in [6.45, 7) is 5.28. The Hall–Kier alpha value is -2.44. The second kappa shape index (κ2) is 5.75. The fraction of sp³-hybridized carbons (Fsp3) is 0.467. The molecule has 2 aromatic rings. The minimum absolute atomic E-state index is 0.0416. The average Bonchev–Trinajstić information content (AvgIpc) is 3.04. The number of hydrogen-bond donors (Lipinski definition) is 1. The van der Waals surface area contributed by atoms with Crippen LogP contribution < -0.4 is 5.32 Å². The molecule has 0 spiro atoms. The van der Waals surface area contributed by atoms with Crippen LogP contribution in [0.3, 0.4) is 0 Å². The number of pyridine rings is 1. The van der Waals surface area contributed by atoms with E-state index in [0.717, 1.165) is 0 Å². The number of nitrogens with one attached hydrogen (secondary N) is 1. The quantitative estimate of drug-likeness (QED) is 0.919. The molecule has 0 radical (unpaired) electrons. The Kier molecular flexibility index (Phi) is 3.79. The lowest BCUT2D eigenvalue weighted by Crippen LogP contribution is -2.31. The van der Waals surface area contributed by atoms with Crippen molar-refractivity contribution in [1.29, 1.82) is 0 Å². The third-order valence-corrected chi connectivity index (χ3v) is 3.72. The van der Waals surface area contributed by atoms with E-state index in [1.54, 1.807) is 15.5 Å². The maximum atomic E-state index is 12.4. The topological polar surface area (TPSA) is 79.6 Å². The van der Waals surface area contributed by atoms with Crippen LogP contribution >= 0.6 is 0 Å². The molecule has 1 aliphatic rings. The first-order valence-electron chi connectivity index (χ1n) is 7.43. The number of fused-ring (bicyclic) bond motifs is 1. The lowest BCUT2D eigenvalue weighted by atomic mass is 10.1. The molecule has 0 aliphatic carbocycles. The SMILES string of the molecule is CC(C)CN1C[C@H](C(=O)Nc2nnc3ccccn23)CC1=O. The zero-order chi connectivity index (χ0) is 15.7. The van der Waals surface area contributed by atoms with Gasteiger partial charge in [0.1, 0.15) is 0 Å². The molecule has 1 fully saturated rings. The highest BCUT2D eigenvalue weighted by Gasteiger charge is 2.34. The van der Waals surface area contributed by atoms with Crippen LogP contribution in [-0.2, 0) is 9.59 Å². The minimum Gasteiger partial charge on any atom is -0.342 e. The summed E-state index contributed by atoms with van der Waals surface area (Å²) >= 11 is 0. The Morgan fingerprint density at radius 2 is 2.23 bits per heavy atom. The summed E-state index contributed by atoms with van der Waals surface area (Å²) in [5.41, 5.74) is 0.668. The van der Waals surface area contributed by atoms with Crippen LogP contribution in [0.5, 0.6) is 0 Å². The van der Waals surface area contributed by atoms with Gasteiger partial charge in [-0.1, -0.05) is 19.9 Å². The van der Waals surface area contributed by atoms with Crippen molar-refractivity contribution in [2.75, 3.05) is 18.4 Å². The maximum absolute atomic E-state index is 12.4. The first-order chi connectivity index (χ1) is 10.5. The van der Waals surface area contributed by atoms with Gasteiger partial charge in [0.05, 0.1) is 5.92 Å². The molecule has 0 saturated carbocycles. The van der Waals surface area contributed by atoms with E-state index in [2.05, 4.69) is 29.4 Å². The van der Waals surface area contributed by atoms with Crippen LogP contribution in [0, 0.1) is 11.8 Å². The van der Waals surface area contributed by atoms with Crippen LogP contribution in [0.2, 0.25) is 0 Å².